The Hall–Kier alpha value is -2.54. The summed E-state index contributed by atoms with van der Waals surface area (Å²) in [4.78, 5) is 19.7. The smallest absolute Gasteiger partial charge is 0.228 e. The number of H-pyrrole nitrogens is 1. The average Bonchev–Trinajstić information content (AvgIpc) is 3.14. The van der Waals surface area contributed by atoms with Gasteiger partial charge in [-0.25, -0.2) is 9.37 Å². The van der Waals surface area contributed by atoms with Crippen LogP contribution in [0.15, 0.2) is 30.5 Å². The van der Waals surface area contributed by atoms with Gasteiger partial charge in [-0.15, -0.1) is 11.3 Å². The summed E-state index contributed by atoms with van der Waals surface area (Å²) < 4.78 is 13.1. The normalized spacial score (nSPS) is 10.9. The van der Waals surface area contributed by atoms with E-state index in [1.165, 1.54) is 12.1 Å². The van der Waals surface area contributed by atoms with Gasteiger partial charge in [-0.2, -0.15) is 5.10 Å². The van der Waals surface area contributed by atoms with Gasteiger partial charge in [-0.05, 0) is 38.1 Å². The summed E-state index contributed by atoms with van der Waals surface area (Å²) in [5, 5.41) is 7.96. The van der Waals surface area contributed by atoms with E-state index in [1.807, 2.05) is 13.8 Å². The highest BCUT2D eigenvalue weighted by molar-refractivity contribution is 7.11. The Morgan fingerprint density at radius 3 is 2.64 bits per heavy atom. The van der Waals surface area contributed by atoms with Crippen molar-refractivity contribution < 1.29 is 9.18 Å². The first kappa shape index (κ1) is 17.3. The lowest BCUT2D eigenvalue weighted by Crippen LogP contribution is -2.28. The van der Waals surface area contributed by atoms with Crippen molar-refractivity contribution in [2.45, 2.75) is 26.8 Å². The Morgan fingerprint density at radius 1 is 1.28 bits per heavy atom. The van der Waals surface area contributed by atoms with Crippen LogP contribution < -0.4 is 0 Å². The molecule has 25 heavy (non-hydrogen) atoms. The molecule has 0 saturated carbocycles. The second kappa shape index (κ2) is 7.14. The van der Waals surface area contributed by atoms with E-state index in [0.29, 0.717) is 6.54 Å². The molecule has 0 aliphatic carbocycles. The van der Waals surface area contributed by atoms with E-state index in [1.54, 1.807) is 41.6 Å². The first-order valence-electron chi connectivity index (χ1n) is 7.89. The van der Waals surface area contributed by atoms with Gasteiger partial charge in [0.2, 0.25) is 5.91 Å². The molecule has 5 nitrogen and oxygen atoms in total. The van der Waals surface area contributed by atoms with Gasteiger partial charge in [-0.3, -0.25) is 9.89 Å². The maximum absolute atomic E-state index is 13.1. The maximum Gasteiger partial charge on any atom is 0.228 e. The summed E-state index contributed by atoms with van der Waals surface area (Å²) in [6, 6.07) is 6.19. The van der Waals surface area contributed by atoms with E-state index in [0.717, 1.165) is 32.4 Å². The van der Waals surface area contributed by atoms with Crippen LogP contribution in [0.3, 0.4) is 0 Å². The third-order valence-corrected chi connectivity index (χ3v) is 4.93. The lowest BCUT2D eigenvalue weighted by molar-refractivity contribution is -0.129. The lowest BCUT2D eigenvalue weighted by Gasteiger charge is -2.17. The van der Waals surface area contributed by atoms with Crippen LogP contribution in [-0.2, 0) is 17.8 Å². The topological polar surface area (TPSA) is 61.9 Å². The van der Waals surface area contributed by atoms with Crippen LogP contribution in [0.5, 0.6) is 0 Å². The zero-order valence-electron chi connectivity index (χ0n) is 14.3. The molecule has 0 spiro atoms. The predicted octanol–water partition coefficient (Wildman–Crippen LogP) is 3.49. The molecule has 2 heterocycles. The molecule has 3 aromatic rings. The van der Waals surface area contributed by atoms with Crippen LogP contribution in [0.1, 0.15) is 21.1 Å². The number of likely N-dealkylation sites (N-methyl/N-ethyl adjacent to an activating group) is 1. The van der Waals surface area contributed by atoms with Gasteiger partial charge in [0.1, 0.15) is 5.82 Å². The highest BCUT2D eigenvalue weighted by Crippen LogP contribution is 2.23. The van der Waals surface area contributed by atoms with Crippen LogP contribution in [0, 0.1) is 19.7 Å². The number of benzene rings is 1. The van der Waals surface area contributed by atoms with Crippen molar-refractivity contribution in [3.63, 3.8) is 0 Å². The van der Waals surface area contributed by atoms with Crippen LogP contribution in [0.2, 0.25) is 0 Å². The number of aromatic amines is 1. The Labute approximate surface area is 149 Å². The molecule has 0 atom stereocenters. The molecule has 0 aliphatic rings. The fourth-order valence-corrected chi connectivity index (χ4v) is 3.49. The van der Waals surface area contributed by atoms with E-state index in [4.69, 9.17) is 0 Å². The van der Waals surface area contributed by atoms with Gasteiger partial charge >= 0.3 is 0 Å². The van der Waals surface area contributed by atoms with Crippen molar-refractivity contribution in [2.75, 3.05) is 7.05 Å². The number of aromatic nitrogens is 3. The Morgan fingerprint density at radius 2 is 2.00 bits per heavy atom. The number of hydrogen-bond acceptors (Lipinski definition) is 4. The summed E-state index contributed by atoms with van der Waals surface area (Å²) >= 11 is 1.60. The molecule has 0 fully saturated rings. The van der Waals surface area contributed by atoms with Crippen LogP contribution in [0.25, 0.3) is 11.3 Å². The standard InChI is InChI=1S/C18H19FN4OS/c1-11-16(21-12(2)25-11)8-17(24)23(3)10-14-9-20-22-18(14)13-4-6-15(19)7-5-13/h4-7,9H,8,10H2,1-3H3,(H,20,22). The number of thiazole rings is 1. The molecule has 0 aliphatic heterocycles. The van der Waals surface area contributed by atoms with E-state index >= 15 is 0 Å². The third-order valence-electron chi connectivity index (χ3n) is 4.00. The summed E-state index contributed by atoms with van der Waals surface area (Å²) in [5.41, 5.74) is 3.35. The minimum absolute atomic E-state index is 0.000318. The number of rotatable bonds is 5. The Bertz CT molecular complexity index is 885. The first-order valence-corrected chi connectivity index (χ1v) is 8.70. The SMILES string of the molecule is Cc1nc(CC(=O)N(C)Cc2cn[nH]c2-c2ccc(F)cc2)c(C)s1. The number of halogens is 1. The van der Waals surface area contributed by atoms with E-state index in [2.05, 4.69) is 15.2 Å². The van der Waals surface area contributed by atoms with Crippen LogP contribution in [0.4, 0.5) is 4.39 Å². The zero-order valence-corrected chi connectivity index (χ0v) is 15.2. The minimum atomic E-state index is -0.286. The zero-order chi connectivity index (χ0) is 18.0. The first-order chi connectivity index (χ1) is 11.9. The summed E-state index contributed by atoms with van der Waals surface area (Å²) in [5.74, 6) is -0.286. The Kier molecular flexibility index (Phi) is 4.94. The molecule has 3 rings (SSSR count). The molecular formula is C18H19FN4OS. The molecule has 0 unspecified atom stereocenters. The second-order valence-electron chi connectivity index (χ2n) is 5.94. The van der Waals surface area contributed by atoms with E-state index in [-0.39, 0.29) is 18.1 Å². The minimum Gasteiger partial charge on any atom is -0.341 e. The predicted molar refractivity (Wildman–Crippen MR) is 95.7 cm³/mol. The number of nitrogens with one attached hydrogen (secondary N) is 1. The van der Waals surface area contributed by atoms with Crippen molar-refractivity contribution in [3.05, 3.63) is 57.4 Å². The number of amides is 1. The molecule has 7 heteroatoms. The highest BCUT2D eigenvalue weighted by Gasteiger charge is 2.17. The number of carbonyl (C=O) groups is 1. The van der Waals surface area contributed by atoms with Crippen molar-refractivity contribution in [2.24, 2.45) is 0 Å². The fourth-order valence-electron chi connectivity index (χ4n) is 2.66. The van der Waals surface area contributed by atoms with Gasteiger partial charge in [0.05, 0.1) is 29.0 Å². The molecule has 0 saturated heterocycles. The van der Waals surface area contributed by atoms with Crippen LogP contribution in [-0.4, -0.2) is 33.0 Å². The third kappa shape index (κ3) is 3.93. The van der Waals surface area contributed by atoms with Gasteiger partial charge in [0, 0.05) is 29.6 Å². The molecule has 1 N–H and O–H groups in total. The van der Waals surface area contributed by atoms with E-state index in [9.17, 15) is 9.18 Å². The molecule has 2 aromatic heterocycles. The van der Waals surface area contributed by atoms with Crippen LogP contribution >= 0.6 is 11.3 Å². The highest BCUT2D eigenvalue weighted by atomic mass is 32.1. The number of carbonyl (C=O) groups excluding carboxylic acids is 1. The molecule has 130 valence electrons. The molecule has 0 radical (unpaired) electrons. The van der Waals surface area contributed by atoms with Crippen molar-refractivity contribution in [1.82, 2.24) is 20.1 Å². The summed E-state index contributed by atoms with van der Waals surface area (Å²) in [6.45, 7) is 4.34. The average molecular weight is 358 g/mol. The summed E-state index contributed by atoms with van der Waals surface area (Å²) in [6.07, 6.45) is 1.98. The molecule has 1 amide bonds. The van der Waals surface area contributed by atoms with Gasteiger partial charge in [0.15, 0.2) is 0 Å². The number of aryl methyl sites for hydroxylation is 2. The maximum atomic E-state index is 13.1. The largest absolute Gasteiger partial charge is 0.341 e. The quantitative estimate of drug-likeness (QED) is 0.759. The molecule has 1 aromatic carbocycles. The fraction of sp³-hybridized carbons (Fsp3) is 0.278. The lowest BCUT2D eigenvalue weighted by atomic mass is 10.1. The summed E-state index contributed by atoms with van der Waals surface area (Å²) in [7, 11) is 1.76. The van der Waals surface area contributed by atoms with Gasteiger partial charge in [0.25, 0.3) is 0 Å². The number of nitrogens with zero attached hydrogens (tertiary/aromatic N) is 3. The van der Waals surface area contributed by atoms with Crippen molar-refractivity contribution >= 4 is 17.2 Å². The van der Waals surface area contributed by atoms with Gasteiger partial charge in [-0.1, -0.05) is 0 Å². The van der Waals surface area contributed by atoms with Gasteiger partial charge < -0.3 is 4.90 Å². The monoisotopic (exact) mass is 358 g/mol. The molecule has 0 bridgehead atoms. The Balaban J connectivity index is 1.72. The number of hydrogen-bond donors (Lipinski definition) is 1. The van der Waals surface area contributed by atoms with Crippen molar-refractivity contribution in [3.8, 4) is 11.3 Å². The molecular weight excluding hydrogens is 339 g/mol. The van der Waals surface area contributed by atoms with E-state index < -0.39 is 0 Å². The second-order valence-corrected chi connectivity index (χ2v) is 7.35. The van der Waals surface area contributed by atoms with Crippen molar-refractivity contribution in [1.29, 1.82) is 0 Å².